The van der Waals surface area contributed by atoms with E-state index in [-0.39, 0.29) is 11.5 Å². The van der Waals surface area contributed by atoms with Gasteiger partial charge in [0, 0.05) is 11.6 Å². The number of hydrogen-bond acceptors (Lipinski definition) is 2. The van der Waals surface area contributed by atoms with Crippen LogP contribution in [0.25, 0.3) is 6.08 Å². The maximum Gasteiger partial charge on any atom is 0.332 e. The van der Waals surface area contributed by atoms with E-state index in [2.05, 4.69) is 6.58 Å². The summed E-state index contributed by atoms with van der Waals surface area (Å²) in [6.45, 7) is 7.31. The van der Waals surface area contributed by atoms with Crippen molar-refractivity contribution in [3.8, 4) is 0 Å². The number of rotatable bonds is 6. The van der Waals surface area contributed by atoms with Gasteiger partial charge in [-0.3, -0.25) is 0 Å². The van der Waals surface area contributed by atoms with E-state index in [4.69, 9.17) is 10.2 Å². The molecule has 0 aliphatic carbocycles. The summed E-state index contributed by atoms with van der Waals surface area (Å²) in [6, 6.07) is 10.0. The lowest BCUT2D eigenvalue weighted by molar-refractivity contribution is -0.135. The second-order valence-electron chi connectivity index (χ2n) is 4.37. The normalized spacial score (nSPS) is 10.5. The Labute approximate surface area is 125 Å². The number of hydrogen-bond donors (Lipinski definition) is 2. The van der Waals surface area contributed by atoms with Gasteiger partial charge >= 0.3 is 11.9 Å². The van der Waals surface area contributed by atoms with Crippen molar-refractivity contribution in [2.45, 2.75) is 26.7 Å². The minimum atomic E-state index is -1.20. The molecule has 0 radical (unpaired) electrons. The number of carbonyl (C=O) groups is 2. The van der Waals surface area contributed by atoms with Gasteiger partial charge in [-0.15, -0.1) is 0 Å². The van der Waals surface area contributed by atoms with E-state index >= 15 is 0 Å². The van der Waals surface area contributed by atoms with Crippen LogP contribution in [0.4, 0.5) is 0 Å². The van der Waals surface area contributed by atoms with E-state index in [1.165, 1.54) is 5.56 Å². The Bertz CT molecular complexity index is 485. The van der Waals surface area contributed by atoms with Crippen LogP contribution < -0.4 is 0 Å². The monoisotopic (exact) mass is 290 g/mol. The molecule has 0 unspecified atom stereocenters. The van der Waals surface area contributed by atoms with Crippen LogP contribution in [0, 0.1) is 5.92 Å². The first-order valence-electron chi connectivity index (χ1n) is 6.81. The Hall–Kier alpha value is -2.36. The predicted octanol–water partition coefficient (Wildman–Crippen LogP) is 3.85. The summed E-state index contributed by atoms with van der Waals surface area (Å²) in [5, 5.41) is 17.2. The minimum Gasteiger partial charge on any atom is -0.478 e. The van der Waals surface area contributed by atoms with Gasteiger partial charge in [0.2, 0.25) is 0 Å². The van der Waals surface area contributed by atoms with Crippen molar-refractivity contribution < 1.29 is 19.8 Å². The van der Waals surface area contributed by atoms with E-state index < -0.39 is 11.9 Å². The highest BCUT2D eigenvalue weighted by molar-refractivity contribution is 5.95. The number of carboxylic acid groups (broad SMARTS) is 2. The number of aliphatic carboxylic acids is 2. The fourth-order valence-corrected chi connectivity index (χ4v) is 1.80. The first kappa shape index (κ1) is 18.6. The third-order valence-corrected chi connectivity index (χ3v) is 2.99. The molecule has 0 spiro atoms. The van der Waals surface area contributed by atoms with Gasteiger partial charge in [0.25, 0.3) is 0 Å². The highest BCUT2D eigenvalue weighted by Gasteiger charge is 2.18. The summed E-state index contributed by atoms with van der Waals surface area (Å²) >= 11 is 0. The van der Waals surface area contributed by atoms with Gasteiger partial charge in [0.05, 0.1) is 0 Å². The SMILES string of the molecule is C=Cc1ccccc1.CCC(CC)C(=CC(=O)O)C(=O)O. The second kappa shape index (κ2) is 10.4. The first-order chi connectivity index (χ1) is 9.96. The van der Waals surface area contributed by atoms with Crippen LogP contribution in [0.3, 0.4) is 0 Å². The molecule has 0 heterocycles. The van der Waals surface area contributed by atoms with E-state index in [1.54, 1.807) is 0 Å². The maximum absolute atomic E-state index is 10.7. The lowest BCUT2D eigenvalue weighted by atomic mass is 9.93. The Balaban J connectivity index is 0.000000423. The molecule has 1 rings (SSSR count). The lowest BCUT2D eigenvalue weighted by Crippen LogP contribution is -2.13. The molecule has 0 saturated carbocycles. The Morgan fingerprint density at radius 2 is 1.67 bits per heavy atom. The second-order valence-corrected chi connectivity index (χ2v) is 4.37. The van der Waals surface area contributed by atoms with E-state index in [1.807, 2.05) is 50.3 Å². The van der Waals surface area contributed by atoms with Crippen molar-refractivity contribution in [2.75, 3.05) is 0 Å². The maximum atomic E-state index is 10.7. The molecule has 0 bridgehead atoms. The molecule has 0 aliphatic rings. The summed E-state index contributed by atoms with van der Waals surface area (Å²) in [6.07, 6.45) is 3.89. The van der Waals surface area contributed by atoms with Crippen molar-refractivity contribution in [1.82, 2.24) is 0 Å². The van der Waals surface area contributed by atoms with Gasteiger partial charge in [-0.25, -0.2) is 9.59 Å². The summed E-state index contributed by atoms with van der Waals surface area (Å²) in [4.78, 5) is 21.0. The molecule has 0 saturated heterocycles. The molecule has 21 heavy (non-hydrogen) atoms. The van der Waals surface area contributed by atoms with Gasteiger partial charge in [-0.05, 0) is 24.3 Å². The van der Waals surface area contributed by atoms with Crippen LogP contribution in [0.1, 0.15) is 32.3 Å². The zero-order valence-corrected chi connectivity index (χ0v) is 12.5. The Morgan fingerprint density at radius 1 is 1.14 bits per heavy atom. The smallest absolute Gasteiger partial charge is 0.332 e. The van der Waals surface area contributed by atoms with Gasteiger partial charge in [0.15, 0.2) is 0 Å². The van der Waals surface area contributed by atoms with Crippen molar-refractivity contribution in [3.63, 3.8) is 0 Å². The topological polar surface area (TPSA) is 74.6 Å². The third-order valence-electron chi connectivity index (χ3n) is 2.99. The molecule has 0 aromatic heterocycles. The summed E-state index contributed by atoms with van der Waals surface area (Å²) in [5.74, 6) is -2.52. The van der Waals surface area contributed by atoms with Crippen molar-refractivity contribution in [3.05, 3.63) is 54.1 Å². The van der Waals surface area contributed by atoms with Crippen LogP contribution in [-0.4, -0.2) is 22.2 Å². The molecule has 4 nitrogen and oxygen atoms in total. The van der Waals surface area contributed by atoms with Crippen LogP contribution >= 0.6 is 0 Å². The quantitative estimate of drug-likeness (QED) is 0.780. The van der Waals surface area contributed by atoms with Crippen molar-refractivity contribution in [1.29, 1.82) is 0 Å². The van der Waals surface area contributed by atoms with Gasteiger partial charge in [0.1, 0.15) is 0 Å². The Kier molecular flexibility index (Phi) is 9.26. The zero-order valence-electron chi connectivity index (χ0n) is 12.5. The molecule has 114 valence electrons. The fourth-order valence-electron chi connectivity index (χ4n) is 1.80. The van der Waals surface area contributed by atoms with Crippen LogP contribution in [0.2, 0.25) is 0 Å². The van der Waals surface area contributed by atoms with Crippen LogP contribution in [0.15, 0.2) is 48.6 Å². The van der Waals surface area contributed by atoms with Gasteiger partial charge < -0.3 is 10.2 Å². The molecule has 0 amide bonds. The summed E-state index contributed by atoms with van der Waals surface area (Å²) in [5.41, 5.74) is 1.16. The molecule has 0 atom stereocenters. The van der Waals surface area contributed by atoms with Crippen molar-refractivity contribution >= 4 is 18.0 Å². The average molecular weight is 290 g/mol. The van der Waals surface area contributed by atoms with Crippen LogP contribution in [0.5, 0.6) is 0 Å². The standard InChI is InChI=1S/C9H14O4.C8H8/c1-3-6(4-2)7(9(12)13)5-8(10)11;1-2-8-6-4-3-5-7-8/h5-6H,3-4H2,1-2H3,(H,10,11)(H,12,13);2-7H,1H2. The number of carboxylic acids is 2. The minimum absolute atomic E-state index is 0.0162. The molecule has 4 heteroatoms. The average Bonchev–Trinajstić information content (AvgIpc) is 2.48. The van der Waals surface area contributed by atoms with E-state index in [0.29, 0.717) is 12.8 Å². The van der Waals surface area contributed by atoms with Gasteiger partial charge in [-0.1, -0.05) is 56.8 Å². The molecule has 1 aromatic carbocycles. The molecule has 1 aromatic rings. The van der Waals surface area contributed by atoms with Crippen molar-refractivity contribution in [2.24, 2.45) is 5.92 Å². The van der Waals surface area contributed by atoms with Crippen LogP contribution in [-0.2, 0) is 9.59 Å². The predicted molar refractivity (Wildman–Crippen MR) is 84.0 cm³/mol. The largest absolute Gasteiger partial charge is 0.478 e. The van der Waals surface area contributed by atoms with E-state index in [9.17, 15) is 9.59 Å². The summed E-state index contributed by atoms with van der Waals surface area (Å²) in [7, 11) is 0. The van der Waals surface area contributed by atoms with Gasteiger partial charge in [-0.2, -0.15) is 0 Å². The molecular weight excluding hydrogens is 268 g/mol. The zero-order chi connectivity index (χ0) is 16.3. The highest BCUT2D eigenvalue weighted by atomic mass is 16.4. The highest BCUT2D eigenvalue weighted by Crippen LogP contribution is 2.18. The Morgan fingerprint density at radius 3 is 1.95 bits per heavy atom. The fraction of sp³-hybridized carbons (Fsp3) is 0.294. The molecular formula is C17H22O4. The molecule has 0 fully saturated rings. The lowest BCUT2D eigenvalue weighted by Gasteiger charge is -2.11. The van der Waals surface area contributed by atoms with E-state index in [0.717, 1.165) is 6.08 Å². The molecule has 2 N–H and O–H groups in total. The third kappa shape index (κ3) is 7.72. The first-order valence-corrected chi connectivity index (χ1v) is 6.81. The summed E-state index contributed by atoms with van der Waals surface area (Å²) < 4.78 is 0. The number of benzene rings is 1. The molecule has 0 aliphatic heterocycles.